The third-order valence-corrected chi connectivity index (χ3v) is 4.30. The molecule has 0 N–H and O–H groups in total. The van der Waals surface area contributed by atoms with E-state index in [1.807, 2.05) is 0 Å². The van der Waals surface area contributed by atoms with Gasteiger partial charge in [-0.15, -0.1) is 0 Å². The number of hydrogen-bond donors (Lipinski definition) is 0. The van der Waals surface area contributed by atoms with E-state index in [-0.39, 0.29) is 0 Å². The van der Waals surface area contributed by atoms with Gasteiger partial charge in [0.25, 0.3) is 0 Å². The number of aryl methyl sites for hydroxylation is 3. The van der Waals surface area contributed by atoms with Crippen LogP contribution >= 0.6 is 0 Å². The Bertz CT molecular complexity index is 524. The SMILES string of the molecule is CCCCCc1ccc(-c2cc3c(o2)CCCC3)cc1. The standard InChI is InChI=1S/C19H24O/c1-2-3-4-7-15-10-12-16(13-11-15)19-14-17-8-5-6-9-18(17)20-19/h10-14H,2-9H2,1H3. The first-order valence-corrected chi connectivity index (χ1v) is 8.07. The fourth-order valence-corrected chi connectivity index (χ4v) is 3.05. The Morgan fingerprint density at radius 1 is 1.00 bits per heavy atom. The minimum Gasteiger partial charge on any atom is -0.461 e. The lowest BCUT2D eigenvalue weighted by molar-refractivity contribution is 0.487. The average Bonchev–Trinajstić information content (AvgIpc) is 2.92. The van der Waals surface area contributed by atoms with Crippen LogP contribution in [-0.2, 0) is 19.3 Å². The van der Waals surface area contributed by atoms with E-state index < -0.39 is 0 Å². The first kappa shape index (κ1) is 13.5. The number of fused-ring (bicyclic) bond motifs is 1. The van der Waals surface area contributed by atoms with E-state index in [0.29, 0.717) is 0 Å². The molecule has 0 bridgehead atoms. The van der Waals surface area contributed by atoms with E-state index >= 15 is 0 Å². The molecule has 1 aliphatic carbocycles. The van der Waals surface area contributed by atoms with Gasteiger partial charge >= 0.3 is 0 Å². The van der Waals surface area contributed by atoms with Gasteiger partial charge < -0.3 is 4.42 Å². The quantitative estimate of drug-likeness (QED) is 0.647. The summed E-state index contributed by atoms with van der Waals surface area (Å²) in [5, 5.41) is 0. The van der Waals surface area contributed by atoms with Gasteiger partial charge in [-0.25, -0.2) is 0 Å². The summed E-state index contributed by atoms with van der Waals surface area (Å²) < 4.78 is 6.03. The third kappa shape index (κ3) is 2.98. The smallest absolute Gasteiger partial charge is 0.134 e. The summed E-state index contributed by atoms with van der Waals surface area (Å²) in [5.74, 6) is 2.27. The van der Waals surface area contributed by atoms with E-state index in [9.17, 15) is 0 Å². The number of rotatable bonds is 5. The molecule has 0 saturated heterocycles. The second-order valence-electron chi connectivity index (χ2n) is 5.92. The molecular formula is C19H24O. The molecule has 2 aromatic rings. The average molecular weight is 268 g/mol. The zero-order valence-electron chi connectivity index (χ0n) is 12.5. The third-order valence-electron chi connectivity index (χ3n) is 4.30. The molecule has 1 heteroatoms. The molecule has 0 atom stereocenters. The normalized spacial score (nSPS) is 14.2. The molecule has 1 nitrogen and oxygen atoms in total. The van der Waals surface area contributed by atoms with Crippen molar-refractivity contribution < 1.29 is 4.42 Å². The van der Waals surface area contributed by atoms with Crippen molar-refractivity contribution in [1.29, 1.82) is 0 Å². The Balaban J connectivity index is 1.72. The molecule has 20 heavy (non-hydrogen) atoms. The summed E-state index contributed by atoms with van der Waals surface area (Å²) in [7, 11) is 0. The van der Waals surface area contributed by atoms with Gasteiger partial charge in [0.1, 0.15) is 11.5 Å². The van der Waals surface area contributed by atoms with Crippen molar-refractivity contribution in [3.8, 4) is 11.3 Å². The lowest BCUT2D eigenvalue weighted by Gasteiger charge is -2.07. The topological polar surface area (TPSA) is 13.1 Å². The van der Waals surface area contributed by atoms with Gasteiger partial charge in [0.15, 0.2) is 0 Å². The van der Waals surface area contributed by atoms with Gasteiger partial charge in [-0.1, -0.05) is 44.0 Å². The van der Waals surface area contributed by atoms with Gasteiger partial charge in [-0.2, -0.15) is 0 Å². The van der Waals surface area contributed by atoms with Crippen LogP contribution in [0.15, 0.2) is 34.7 Å². The molecule has 0 fully saturated rings. The van der Waals surface area contributed by atoms with Gasteiger partial charge in [-0.05, 0) is 49.3 Å². The molecule has 0 amide bonds. The van der Waals surface area contributed by atoms with Crippen molar-refractivity contribution in [3.05, 3.63) is 47.2 Å². The first-order valence-electron chi connectivity index (χ1n) is 8.07. The lowest BCUT2D eigenvalue weighted by Crippen LogP contribution is -1.97. The molecule has 0 unspecified atom stereocenters. The zero-order chi connectivity index (χ0) is 13.8. The fraction of sp³-hybridized carbons (Fsp3) is 0.474. The van der Waals surface area contributed by atoms with Crippen LogP contribution in [0.5, 0.6) is 0 Å². The Morgan fingerprint density at radius 2 is 1.80 bits per heavy atom. The summed E-state index contributed by atoms with van der Waals surface area (Å²) in [6, 6.07) is 11.2. The molecule has 1 aromatic heterocycles. The van der Waals surface area contributed by atoms with E-state index in [1.165, 1.54) is 67.4 Å². The van der Waals surface area contributed by atoms with Crippen molar-refractivity contribution in [1.82, 2.24) is 0 Å². The van der Waals surface area contributed by atoms with Crippen LogP contribution in [0.1, 0.15) is 55.9 Å². The van der Waals surface area contributed by atoms with Crippen LogP contribution in [0.4, 0.5) is 0 Å². The van der Waals surface area contributed by atoms with E-state index in [0.717, 1.165) is 12.2 Å². The monoisotopic (exact) mass is 268 g/mol. The summed E-state index contributed by atoms with van der Waals surface area (Å²) in [6.45, 7) is 2.25. The molecule has 106 valence electrons. The molecule has 1 aromatic carbocycles. The minimum absolute atomic E-state index is 1.05. The van der Waals surface area contributed by atoms with Crippen LogP contribution in [-0.4, -0.2) is 0 Å². The van der Waals surface area contributed by atoms with Crippen LogP contribution in [0.3, 0.4) is 0 Å². The number of unbranched alkanes of at least 4 members (excludes halogenated alkanes) is 2. The van der Waals surface area contributed by atoms with Crippen molar-refractivity contribution >= 4 is 0 Å². The Kier molecular flexibility index (Phi) is 4.25. The second-order valence-corrected chi connectivity index (χ2v) is 5.92. The van der Waals surface area contributed by atoms with Crippen molar-refractivity contribution in [2.45, 2.75) is 58.3 Å². The highest BCUT2D eigenvalue weighted by Gasteiger charge is 2.15. The Labute approximate surface area is 122 Å². The van der Waals surface area contributed by atoms with Crippen molar-refractivity contribution in [2.24, 2.45) is 0 Å². The molecule has 0 radical (unpaired) electrons. The second kappa shape index (κ2) is 6.30. The molecule has 1 heterocycles. The number of benzene rings is 1. The highest BCUT2D eigenvalue weighted by atomic mass is 16.3. The van der Waals surface area contributed by atoms with Gasteiger partial charge in [0.2, 0.25) is 0 Å². The van der Waals surface area contributed by atoms with Gasteiger partial charge in [0.05, 0.1) is 0 Å². The minimum atomic E-state index is 1.05. The first-order chi connectivity index (χ1) is 9.86. The molecule has 0 aliphatic heterocycles. The maximum absolute atomic E-state index is 6.03. The summed E-state index contributed by atoms with van der Waals surface area (Å²) in [5.41, 5.74) is 4.09. The maximum atomic E-state index is 6.03. The molecule has 1 aliphatic rings. The molecule has 3 rings (SSSR count). The van der Waals surface area contributed by atoms with Crippen molar-refractivity contribution in [3.63, 3.8) is 0 Å². The Hall–Kier alpha value is -1.50. The van der Waals surface area contributed by atoms with E-state index in [2.05, 4.69) is 37.3 Å². The predicted octanol–water partition coefficient (Wildman–Crippen LogP) is 5.56. The van der Waals surface area contributed by atoms with Crippen LogP contribution in [0, 0.1) is 0 Å². The highest BCUT2D eigenvalue weighted by molar-refractivity contribution is 5.59. The highest BCUT2D eigenvalue weighted by Crippen LogP contribution is 2.30. The maximum Gasteiger partial charge on any atom is 0.134 e. The van der Waals surface area contributed by atoms with Crippen LogP contribution in [0.25, 0.3) is 11.3 Å². The summed E-state index contributed by atoms with van der Waals surface area (Å²) in [6.07, 6.45) is 9.99. The predicted molar refractivity (Wildman–Crippen MR) is 84.0 cm³/mol. The molecule has 0 saturated carbocycles. The van der Waals surface area contributed by atoms with E-state index in [1.54, 1.807) is 0 Å². The molecule has 0 spiro atoms. The largest absolute Gasteiger partial charge is 0.461 e. The summed E-state index contributed by atoms with van der Waals surface area (Å²) >= 11 is 0. The lowest BCUT2D eigenvalue weighted by atomic mass is 9.98. The Morgan fingerprint density at radius 3 is 2.55 bits per heavy atom. The van der Waals surface area contributed by atoms with E-state index in [4.69, 9.17) is 4.42 Å². The van der Waals surface area contributed by atoms with Gasteiger partial charge in [-0.3, -0.25) is 0 Å². The zero-order valence-corrected chi connectivity index (χ0v) is 12.5. The summed E-state index contributed by atoms with van der Waals surface area (Å²) in [4.78, 5) is 0. The molecular weight excluding hydrogens is 244 g/mol. The van der Waals surface area contributed by atoms with Crippen LogP contribution < -0.4 is 0 Å². The number of furan rings is 1. The van der Waals surface area contributed by atoms with Crippen molar-refractivity contribution in [2.75, 3.05) is 0 Å². The van der Waals surface area contributed by atoms with Crippen LogP contribution in [0.2, 0.25) is 0 Å². The van der Waals surface area contributed by atoms with Gasteiger partial charge in [0, 0.05) is 12.0 Å². The number of hydrogen-bond acceptors (Lipinski definition) is 1. The fourth-order valence-electron chi connectivity index (χ4n) is 3.05.